The SMILES string of the molecule is CC(=O)O[C@@H](C[C@@H]1C[C@@H](C)C(=O)O1)[C@H](C)[C@H]1CC[C@@H]2[C@@]3(C)CC[C@H](O[C@@H]4O[C@H](CO)[C@@H](O)[C@H](O)[C@H]4O[C@@H]4O[C@@H](C)[C@H](O)[C@@H](O)[C@H]4O)C(C)(C)[C@@H]3CC[C@@]2(C)[C@@]12COC(=O)C2. The molecule has 0 bridgehead atoms. The number of esters is 3. The van der Waals surface area contributed by atoms with E-state index in [1.165, 1.54) is 13.8 Å². The van der Waals surface area contributed by atoms with E-state index in [1.807, 2.05) is 6.92 Å². The van der Waals surface area contributed by atoms with E-state index in [-0.39, 0.29) is 64.9 Å². The summed E-state index contributed by atoms with van der Waals surface area (Å²) in [7, 11) is 0. The molecule has 4 heterocycles. The molecule has 3 aliphatic carbocycles. The van der Waals surface area contributed by atoms with Crippen LogP contribution in [0.3, 0.4) is 0 Å². The lowest BCUT2D eigenvalue weighted by Gasteiger charge is -2.70. The van der Waals surface area contributed by atoms with Gasteiger partial charge < -0.3 is 63.8 Å². The Bertz CT molecular complexity index is 1590. The minimum absolute atomic E-state index is 0.00225. The Morgan fingerprint density at radius 3 is 2.18 bits per heavy atom. The van der Waals surface area contributed by atoms with Gasteiger partial charge in [-0.3, -0.25) is 14.4 Å². The van der Waals surface area contributed by atoms with Crippen LogP contribution in [0.1, 0.15) is 113 Å². The summed E-state index contributed by atoms with van der Waals surface area (Å²) >= 11 is 0. The maximum absolute atomic E-state index is 13.3. The molecule has 1 spiro atoms. The van der Waals surface area contributed by atoms with E-state index in [4.69, 9.17) is 33.2 Å². The molecular weight excluding hydrogens is 784 g/mol. The molecule has 0 aromatic rings. The molecule has 0 aromatic heterocycles. The molecule has 16 nitrogen and oxygen atoms in total. The van der Waals surface area contributed by atoms with Crippen molar-refractivity contribution >= 4 is 17.9 Å². The number of fused-ring (bicyclic) bond motifs is 4. The van der Waals surface area contributed by atoms with Crippen molar-refractivity contribution in [3.63, 3.8) is 0 Å². The fourth-order valence-electron chi connectivity index (χ4n) is 13.8. The van der Waals surface area contributed by atoms with Crippen LogP contribution in [0.15, 0.2) is 0 Å². The summed E-state index contributed by atoms with van der Waals surface area (Å²) in [5.74, 6) is -0.856. The largest absolute Gasteiger partial charge is 0.465 e. The highest BCUT2D eigenvalue weighted by atomic mass is 16.8. The zero-order valence-corrected chi connectivity index (χ0v) is 36.4. The summed E-state index contributed by atoms with van der Waals surface area (Å²) < 4.78 is 42.2. The van der Waals surface area contributed by atoms with Crippen molar-refractivity contribution in [2.75, 3.05) is 13.2 Å². The number of ether oxygens (including phenoxy) is 7. The van der Waals surface area contributed by atoms with Gasteiger partial charge in [0.15, 0.2) is 12.6 Å². The first-order valence-corrected chi connectivity index (χ1v) is 22.3. The first kappa shape index (κ1) is 46.0. The molecule has 16 heteroatoms. The number of aliphatic hydroxyl groups excluding tert-OH is 6. The highest BCUT2D eigenvalue weighted by Crippen LogP contribution is 2.74. The Labute approximate surface area is 352 Å². The third kappa shape index (κ3) is 7.63. The summed E-state index contributed by atoms with van der Waals surface area (Å²) in [6.45, 7) is 15.6. The maximum atomic E-state index is 13.3. The van der Waals surface area contributed by atoms with Gasteiger partial charge in [0, 0.05) is 18.8 Å². The molecule has 7 aliphatic rings. The van der Waals surface area contributed by atoms with Crippen LogP contribution in [0.4, 0.5) is 0 Å². The van der Waals surface area contributed by atoms with Crippen molar-refractivity contribution in [3.8, 4) is 0 Å². The van der Waals surface area contributed by atoms with E-state index in [1.54, 1.807) is 0 Å². The second-order valence-corrected chi connectivity index (χ2v) is 20.7. The monoisotopic (exact) mass is 854 g/mol. The van der Waals surface area contributed by atoms with E-state index in [2.05, 4.69) is 34.6 Å². The molecule has 21 atom stereocenters. The standard InChI is InChI=1S/C44H70O16/c1-20-15-24(57-38(20)53)16-26(56-23(4)46)21(2)25-9-10-29-42(7)13-12-30(41(5,6)28(42)11-14-43(29,8)44(25)17-31(47)54-19-44)59-40-37(35(51)33(49)27(18-45)58-40)60-39-36(52)34(50)32(48)22(3)55-39/h20-22,24-30,32-37,39-40,45,48-52H,9-19H2,1-8H3/t20-,21-,22+,24+,25-,26+,27-,28+,29-,30+,32+,33-,34-,35+,36-,37-,39+,40+,42+,43-,44+/m1/s1. The Hall–Kier alpha value is -1.99. The molecular formula is C44H70O16. The minimum Gasteiger partial charge on any atom is -0.465 e. The van der Waals surface area contributed by atoms with Gasteiger partial charge in [-0.1, -0.05) is 41.5 Å². The lowest BCUT2D eigenvalue weighted by Crippen LogP contribution is -2.67. The Morgan fingerprint density at radius 2 is 1.57 bits per heavy atom. The fraction of sp³-hybridized carbons (Fsp3) is 0.932. The number of aliphatic hydroxyl groups is 6. The molecule has 0 aromatic carbocycles. The molecule has 0 unspecified atom stereocenters. The van der Waals surface area contributed by atoms with Crippen LogP contribution in [0.25, 0.3) is 0 Å². The number of hydrogen-bond donors (Lipinski definition) is 6. The van der Waals surface area contributed by atoms with Crippen LogP contribution in [0.2, 0.25) is 0 Å². The van der Waals surface area contributed by atoms with Crippen LogP contribution >= 0.6 is 0 Å². The zero-order valence-electron chi connectivity index (χ0n) is 36.4. The van der Waals surface area contributed by atoms with Gasteiger partial charge >= 0.3 is 17.9 Å². The van der Waals surface area contributed by atoms with Crippen LogP contribution < -0.4 is 0 Å². The average Bonchev–Trinajstić information content (AvgIpc) is 3.73. The average molecular weight is 855 g/mol. The van der Waals surface area contributed by atoms with Gasteiger partial charge in [-0.15, -0.1) is 0 Å². The molecule has 7 rings (SSSR count). The fourth-order valence-corrected chi connectivity index (χ4v) is 13.8. The lowest BCUT2D eigenvalue weighted by atomic mass is 9.34. The summed E-state index contributed by atoms with van der Waals surface area (Å²) in [5, 5.41) is 63.8. The summed E-state index contributed by atoms with van der Waals surface area (Å²) in [5.41, 5.74) is -1.48. The molecule has 0 amide bonds. The minimum atomic E-state index is -1.68. The first-order chi connectivity index (χ1) is 28.1. The van der Waals surface area contributed by atoms with Crippen LogP contribution in [0.5, 0.6) is 0 Å². The zero-order chi connectivity index (χ0) is 43.9. The van der Waals surface area contributed by atoms with Gasteiger partial charge in [-0.2, -0.15) is 0 Å². The summed E-state index contributed by atoms with van der Waals surface area (Å²) in [4.78, 5) is 38.2. The first-order valence-electron chi connectivity index (χ1n) is 22.3. The molecule has 60 heavy (non-hydrogen) atoms. The number of carbonyl (C=O) groups excluding carboxylic acids is 3. The quantitative estimate of drug-likeness (QED) is 0.105. The number of cyclic esters (lactones) is 2. The van der Waals surface area contributed by atoms with Crippen LogP contribution in [-0.4, -0.2) is 141 Å². The van der Waals surface area contributed by atoms with E-state index >= 15 is 0 Å². The predicted molar refractivity (Wildman–Crippen MR) is 209 cm³/mol. The van der Waals surface area contributed by atoms with Crippen LogP contribution in [0, 0.1) is 51.2 Å². The van der Waals surface area contributed by atoms with E-state index < -0.39 is 97.0 Å². The molecule has 4 saturated heterocycles. The van der Waals surface area contributed by atoms with Gasteiger partial charge in [0.1, 0.15) is 54.9 Å². The normalized spacial score (nSPS) is 50.0. The van der Waals surface area contributed by atoms with Crippen molar-refractivity contribution in [1.82, 2.24) is 0 Å². The van der Waals surface area contributed by atoms with Crippen molar-refractivity contribution in [1.29, 1.82) is 0 Å². The number of hydrogen-bond acceptors (Lipinski definition) is 16. The summed E-state index contributed by atoms with van der Waals surface area (Å²) in [6, 6.07) is 0. The maximum Gasteiger partial charge on any atom is 0.309 e. The highest BCUT2D eigenvalue weighted by molar-refractivity contribution is 5.74. The Morgan fingerprint density at radius 1 is 0.850 bits per heavy atom. The molecule has 7 fully saturated rings. The van der Waals surface area contributed by atoms with Gasteiger partial charge in [-0.05, 0) is 91.8 Å². The van der Waals surface area contributed by atoms with Gasteiger partial charge in [0.05, 0.1) is 37.8 Å². The Kier molecular flexibility index (Phi) is 12.9. The molecule has 0 radical (unpaired) electrons. The molecule has 6 N–H and O–H groups in total. The highest BCUT2D eigenvalue weighted by Gasteiger charge is 2.71. The van der Waals surface area contributed by atoms with Gasteiger partial charge in [0.2, 0.25) is 0 Å². The van der Waals surface area contributed by atoms with E-state index in [0.29, 0.717) is 25.9 Å². The second-order valence-electron chi connectivity index (χ2n) is 20.7. The number of carbonyl (C=O) groups is 3. The summed E-state index contributed by atoms with van der Waals surface area (Å²) in [6.07, 6.45) is -9.45. The van der Waals surface area contributed by atoms with Gasteiger partial charge in [0.25, 0.3) is 0 Å². The van der Waals surface area contributed by atoms with Crippen molar-refractivity contribution in [3.05, 3.63) is 0 Å². The van der Waals surface area contributed by atoms with E-state index in [9.17, 15) is 45.0 Å². The van der Waals surface area contributed by atoms with Crippen molar-refractivity contribution in [2.24, 2.45) is 51.2 Å². The molecule has 3 saturated carbocycles. The lowest BCUT2D eigenvalue weighted by molar-refractivity contribution is -0.376. The second kappa shape index (κ2) is 16.9. The van der Waals surface area contributed by atoms with Crippen molar-refractivity contribution < 1.29 is 78.2 Å². The van der Waals surface area contributed by atoms with Crippen LogP contribution in [-0.2, 0) is 47.5 Å². The van der Waals surface area contributed by atoms with Crippen molar-refractivity contribution in [2.45, 2.75) is 193 Å². The molecule has 342 valence electrons. The Balaban J connectivity index is 1.13. The predicted octanol–water partition coefficient (Wildman–Crippen LogP) is 2.13. The number of rotatable bonds is 10. The molecule has 4 aliphatic heterocycles. The topological polar surface area (TPSA) is 237 Å². The van der Waals surface area contributed by atoms with E-state index in [0.717, 1.165) is 32.1 Å². The smallest absolute Gasteiger partial charge is 0.309 e. The van der Waals surface area contributed by atoms with Gasteiger partial charge in [-0.25, -0.2) is 0 Å². The third-order valence-electron chi connectivity index (χ3n) is 17.1. The third-order valence-corrected chi connectivity index (χ3v) is 17.1.